The van der Waals surface area contributed by atoms with Crippen molar-refractivity contribution in [2.75, 3.05) is 13.7 Å². The first-order valence-electron chi connectivity index (χ1n) is 13.3. The molecule has 1 saturated heterocycles. The van der Waals surface area contributed by atoms with E-state index in [9.17, 15) is 32.1 Å². The summed E-state index contributed by atoms with van der Waals surface area (Å²) in [7, 11) is -3.00. The van der Waals surface area contributed by atoms with Crippen LogP contribution in [0.15, 0.2) is 23.1 Å². The number of hydrogen-bond donors (Lipinski definition) is 1. The smallest absolute Gasteiger partial charge is 0.333 e. The highest BCUT2D eigenvalue weighted by Gasteiger charge is 2.46. The van der Waals surface area contributed by atoms with E-state index in [1.807, 2.05) is 6.92 Å². The number of imide groups is 1. The molecule has 0 bridgehead atoms. The molecule has 2 amide bonds. The molecular formula is C27H37N2O9S+. The number of methoxy groups -OCH3 is 1. The zero-order valence-electron chi connectivity index (χ0n) is 22.7. The highest BCUT2D eigenvalue weighted by molar-refractivity contribution is 7.85. The number of benzene rings is 1. The molecule has 2 heterocycles. The molecule has 2 aliphatic heterocycles. The van der Waals surface area contributed by atoms with E-state index in [1.54, 1.807) is 12.1 Å². The predicted molar refractivity (Wildman–Crippen MR) is 140 cm³/mol. The van der Waals surface area contributed by atoms with Crippen LogP contribution in [0.5, 0.6) is 0 Å². The van der Waals surface area contributed by atoms with E-state index >= 15 is 0 Å². The summed E-state index contributed by atoms with van der Waals surface area (Å²) in [5.74, 6) is -1.87. The second-order valence-electron chi connectivity index (χ2n) is 10.2. The van der Waals surface area contributed by atoms with Gasteiger partial charge in [0.25, 0.3) is 21.9 Å². The number of ether oxygens (including phenoxy) is 1. The van der Waals surface area contributed by atoms with Crippen LogP contribution in [0.1, 0.15) is 90.0 Å². The number of carbonyl (C=O) groups is 4. The number of carbonyl (C=O) groups excluding carboxylic acids is 4. The van der Waals surface area contributed by atoms with Gasteiger partial charge in [0.15, 0.2) is 5.71 Å². The zero-order valence-corrected chi connectivity index (χ0v) is 23.5. The van der Waals surface area contributed by atoms with Crippen molar-refractivity contribution in [3.63, 3.8) is 0 Å². The number of fused-ring (bicyclic) bond motifs is 1. The van der Waals surface area contributed by atoms with Gasteiger partial charge in [0.05, 0.1) is 17.4 Å². The molecule has 0 radical (unpaired) electrons. The minimum Gasteiger partial charge on any atom is -0.469 e. The first-order valence-corrected chi connectivity index (χ1v) is 14.7. The topological polar surface area (TPSA) is 147 Å². The average molecular weight is 566 g/mol. The molecule has 11 nitrogen and oxygen atoms in total. The normalized spacial score (nSPS) is 19.0. The Kier molecular flexibility index (Phi) is 10.0. The lowest BCUT2D eigenvalue weighted by atomic mass is 9.76. The number of esters is 1. The summed E-state index contributed by atoms with van der Waals surface area (Å²) < 4.78 is 40.2. The first-order chi connectivity index (χ1) is 18.4. The van der Waals surface area contributed by atoms with Crippen molar-refractivity contribution in [3.05, 3.63) is 23.8 Å². The molecular weight excluding hydrogens is 528 g/mol. The summed E-state index contributed by atoms with van der Waals surface area (Å²) in [5, 5.41) is 0.555. The molecule has 0 spiro atoms. The highest BCUT2D eigenvalue weighted by Crippen LogP contribution is 2.44. The number of unbranched alkanes of at least 4 members (excludes halogenated alkanes) is 4. The Morgan fingerprint density at radius 2 is 1.62 bits per heavy atom. The number of hydrogen-bond acceptors (Lipinski definition) is 8. The minimum atomic E-state index is -4.37. The molecule has 0 aromatic heterocycles. The van der Waals surface area contributed by atoms with Gasteiger partial charge in [-0.05, 0) is 44.7 Å². The molecule has 3 rings (SSSR count). The molecule has 0 saturated carbocycles. The average Bonchev–Trinajstić information content (AvgIpc) is 3.31. The maximum Gasteiger partial charge on any atom is 0.333 e. The third-order valence-electron chi connectivity index (χ3n) is 7.60. The van der Waals surface area contributed by atoms with Crippen LogP contribution in [0, 0.1) is 0 Å². The van der Waals surface area contributed by atoms with Crippen LogP contribution in [0.2, 0.25) is 0 Å². The van der Waals surface area contributed by atoms with E-state index in [-0.39, 0.29) is 30.1 Å². The summed E-state index contributed by atoms with van der Waals surface area (Å²) in [5.41, 5.74) is 2.30. The van der Waals surface area contributed by atoms with Gasteiger partial charge in [-0.1, -0.05) is 12.8 Å². The minimum absolute atomic E-state index is 0.0530. The second kappa shape index (κ2) is 12.8. The van der Waals surface area contributed by atoms with Gasteiger partial charge in [-0.25, -0.2) is 4.79 Å². The predicted octanol–water partition coefficient (Wildman–Crippen LogP) is 3.60. The third-order valence-corrected chi connectivity index (χ3v) is 8.45. The van der Waals surface area contributed by atoms with Gasteiger partial charge in [-0.2, -0.15) is 13.0 Å². The SMILES string of the molecule is COC(=O)CCCCCC1(C)C(C)=[N+](CCCCCC(=O)ON2C(=O)CCC2=O)c2ccc(S(=O)(=O)O)cc21. The molecule has 1 aromatic carbocycles. The second-order valence-corrected chi connectivity index (χ2v) is 11.6. The first kappa shape index (κ1) is 30.4. The van der Waals surface area contributed by atoms with Gasteiger partial charge in [0, 0.05) is 50.7 Å². The van der Waals surface area contributed by atoms with Crippen molar-refractivity contribution in [2.45, 2.75) is 94.8 Å². The number of rotatable bonds is 14. The van der Waals surface area contributed by atoms with Crippen LogP contribution >= 0.6 is 0 Å². The van der Waals surface area contributed by atoms with E-state index in [2.05, 4.69) is 11.5 Å². The van der Waals surface area contributed by atoms with E-state index < -0.39 is 33.3 Å². The molecule has 1 fully saturated rings. The maximum absolute atomic E-state index is 12.0. The summed E-state index contributed by atoms with van der Waals surface area (Å²) in [6, 6.07) is 4.65. The fraction of sp³-hybridized carbons (Fsp3) is 0.593. The molecule has 1 aromatic rings. The molecule has 1 unspecified atom stereocenters. The lowest BCUT2D eigenvalue weighted by Crippen LogP contribution is -2.32. The van der Waals surface area contributed by atoms with Crippen molar-refractivity contribution >= 4 is 45.3 Å². The fourth-order valence-corrected chi connectivity index (χ4v) is 5.68. The molecule has 0 aliphatic carbocycles. The molecule has 214 valence electrons. The Morgan fingerprint density at radius 1 is 1.00 bits per heavy atom. The number of hydroxylamine groups is 2. The van der Waals surface area contributed by atoms with Crippen molar-refractivity contribution in [2.24, 2.45) is 0 Å². The number of nitrogens with zero attached hydrogens (tertiary/aromatic N) is 2. The monoisotopic (exact) mass is 565 g/mol. The van der Waals surface area contributed by atoms with E-state index in [1.165, 1.54) is 13.2 Å². The summed E-state index contributed by atoms with van der Waals surface area (Å²) >= 11 is 0. The van der Waals surface area contributed by atoms with Crippen molar-refractivity contribution < 1.29 is 46.3 Å². The van der Waals surface area contributed by atoms with Gasteiger partial charge < -0.3 is 9.57 Å². The Morgan fingerprint density at radius 3 is 2.23 bits per heavy atom. The van der Waals surface area contributed by atoms with Crippen LogP contribution in [-0.4, -0.2) is 65.7 Å². The third kappa shape index (κ3) is 7.30. The van der Waals surface area contributed by atoms with Crippen LogP contribution in [0.25, 0.3) is 0 Å². The summed E-state index contributed by atoms with van der Waals surface area (Å²) in [6.07, 6.45) is 5.56. The maximum atomic E-state index is 12.0. The molecule has 1 N–H and O–H groups in total. The van der Waals surface area contributed by atoms with E-state index in [0.29, 0.717) is 37.3 Å². The fourth-order valence-electron chi connectivity index (χ4n) is 5.18. The Labute approximate surface area is 228 Å². The lowest BCUT2D eigenvalue weighted by molar-refractivity contribution is -0.439. The molecule has 12 heteroatoms. The van der Waals surface area contributed by atoms with Crippen molar-refractivity contribution in [1.82, 2.24) is 5.06 Å². The van der Waals surface area contributed by atoms with Gasteiger partial charge in [0.1, 0.15) is 6.54 Å². The van der Waals surface area contributed by atoms with E-state index in [0.717, 1.165) is 42.6 Å². The van der Waals surface area contributed by atoms with Crippen molar-refractivity contribution in [3.8, 4) is 0 Å². The van der Waals surface area contributed by atoms with Gasteiger partial charge in [-0.3, -0.25) is 18.9 Å². The molecule has 1 atom stereocenters. The lowest BCUT2D eigenvalue weighted by Gasteiger charge is -2.22. The zero-order chi connectivity index (χ0) is 28.8. The number of amides is 2. The van der Waals surface area contributed by atoms with Gasteiger partial charge in [-0.15, -0.1) is 5.06 Å². The van der Waals surface area contributed by atoms with E-state index in [4.69, 9.17) is 9.57 Å². The standard InChI is InChI=1S/C27H36N2O9S/c1-19-27(2,16-8-4-6-10-25(32)37-3)21-18-20(39(34,35)36)12-13-22(21)28(19)17-9-5-7-11-26(33)38-29-23(30)14-15-24(29)31/h12-13,18H,4-11,14-17H2,1-3H3/p+1. The van der Waals surface area contributed by atoms with Gasteiger partial charge >= 0.3 is 11.9 Å². The quantitative estimate of drug-likeness (QED) is 0.117. The Bertz CT molecular complexity index is 1260. The van der Waals surface area contributed by atoms with Crippen LogP contribution in [0.3, 0.4) is 0 Å². The Hall–Kier alpha value is -3.12. The van der Waals surface area contributed by atoms with Crippen LogP contribution in [0.4, 0.5) is 5.69 Å². The Balaban J connectivity index is 1.63. The van der Waals surface area contributed by atoms with Gasteiger partial charge in [0.2, 0.25) is 5.69 Å². The van der Waals surface area contributed by atoms with Crippen LogP contribution in [-0.2, 0) is 44.3 Å². The van der Waals surface area contributed by atoms with Crippen LogP contribution < -0.4 is 0 Å². The molecule has 39 heavy (non-hydrogen) atoms. The largest absolute Gasteiger partial charge is 0.469 e. The van der Waals surface area contributed by atoms with Crippen molar-refractivity contribution in [1.29, 1.82) is 0 Å². The highest BCUT2D eigenvalue weighted by atomic mass is 32.2. The summed E-state index contributed by atoms with van der Waals surface area (Å²) in [4.78, 5) is 51.4. The molecule has 2 aliphatic rings. The summed E-state index contributed by atoms with van der Waals surface area (Å²) in [6.45, 7) is 4.72.